The maximum Gasteiger partial charge on any atom is 0.339 e. The number of amides is 1. The van der Waals surface area contributed by atoms with Gasteiger partial charge < -0.3 is 19.9 Å². The van der Waals surface area contributed by atoms with Gasteiger partial charge in [-0.1, -0.05) is 15.9 Å². The molecule has 0 fully saturated rings. The monoisotopic (exact) mass is 531 g/mol. The van der Waals surface area contributed by atoms with Gasteiger partial charge in [0.1, 0.15) is 35.1 Å². The first-order chi connectivity index (χ1) is 15.7. The molecule has 0 saturated carbocycles. The highest BCUT2D eigenvalue weighted by Gasteiger charge is 2.62. The van der Waals surface area contributed by atoms with Crippen molar-refractivity contribution in [2.24, 2.45) is 5.73 Å². The number of carbonyl (C=O) groups is 3. The van der Waals surface area contributed by atoms with Crippen LogP contribution in [0, 0.1) is 11.3 Å². The first kappa shape index (κ1) is 25.3. The number of carbonyl (C=O) groups excluding carboxylic acids is 3. The molecule has 2 aliphatic heterocycles. The van der Waals surface area contributed by atoms with Gasteiger partial charge in [0, 0.05) is 15.7 Å². The van der Waals surface area contributed by atoms with Crippen molar-refractivity contribution in [1.82, 2.24) is 0 Å². The second-order valence-corrected chi connectivity index (χ2v) is 10.1. The highest BCUT2D eigenvalue weighted by Crippen LogP contribution is 2.54. The van der Waals surface area contributed by atoms with E-state index >= 15 is 0 Å². The smallest absolute Gasteiger partial charge is 0.339 e. The third-order valence-electron chi connectivity index (χ3n) is 5.20. The van der Waals surface area contributed by atoms with Crippen LogP contribution in [0.25, 0.3) is 0 Å². The van der Waals surface area contributed by atoms with E-state index in [4.69, 9.17) is 19.9 Å². The fraction of sp³-hybridized carbons (Fsp3) is 0.417. The summed E-state index contributed by atoms with van der Waals surface area (Å²) < 4.78 is 16.9. The number of nitrogens with two attached hydrogens (primary N) is 1. The second-order valence-electron chi connectivity index (χ2n) is 9.23. The number of halogens is 1. The van der Waals surface area contributed by atoms with Gasteiger partial charge in [0.15, 0.2) is 5.41 Å². The molecular weight excluding hydrogens is 506 g/mol. The molecule has 2 N–H and O–H groups in total. The van der Waals surface area contributed by atoms with Gasteiger partial charge in [-0.2, -0.15) is 5.26 Å². The van der Waals surface area contributed by atoms with E-state index in [1.165, 1.54) is 11.8 Å². The molecule has 34 heavy (non-hydrogen) atoms. The molecule has 2 heterocycles. The van der Waals surface area contributed by atoms with Crippen LogP contribution in [0.15, 0.2) is 45.5 Å². The van der Waals surface area contributed by atoms with Gasteiger partial charge in [0.2, 0.25) is 11.8 Å². The zero-order valence-corrected chi connectivity index (χ0v) is 21.4. The number of benzene rings is 1. The Labute approximate surface area is 206 Å². The van der Waals surface area contributed by atoms with E-state index in [0.29, 0.717) is 15.7 Å². The Morgan fingerprint density at radius 1 is 1.32 bits per heavy atom. The van der Waals surface area contributed by atoms with Crippen LogP contribution in [0.3, 0.4) is 0 Å². The summed E-state index contributed by atoms with van der Waals surface area (Å²) in [6.45, 7) is 9.50. The Bertz CT molecular complexity index is 1190. The van der Waals surface area contributed by atoms with Gasteiger partial charge in [-0.05, 0) is 59.7 Å². The lowest BCUT2D eigenvalue weighted by molar-refractivity contribution is -0.153. The average Bonchev–Trinajstić information content (AvgIpc) is 2.89. The molecule has 0 bridgehead atoms. The maximum atomic E-state index is 14.2. The van der Waals surface area contributed by atoms with Crippen molar-refractivity contribution in [3.05, 3.63) is 51.0 Å². The highest BCUT2D eigenvalue weighted by atomic mass is 79.9. The summed E-state index contributed by atoms with van der Waals surface area (Å²) in [5, 5.41) is 10.1. The minimum atomic E-state index is -1.95. The Hall–Kier alpha value is -3.32. The molecule has 1 spiro atoms. The molecule has 0 aliphatic carbocycles. The standard InChI is InChI=1S/C24H26BrN3O6/c1-12(2)32-21(30)19-13(3)33-20(27)16(10-26)24(19)15-9-14(25)7-8-17(15)28(22(24)31)11-18(29)34-23(4,5)6/h7-9,12H,11,27H2,1-6H3. The van der Waals surface area contributed by atoms with E-state index in [1.54, 1.807) is 52.8 Å². The molecule has 10 heteroatoms. The number of hydrogen-bond donors (Lipinski definition) is 1. The Morgan fingerprint density at radius 3 is 2.53 bits per heavy atom. The van der Waals surface area contributed by atoms with Gasteiger partial charge in [-0.25, -0.2) is 4.79 Å². The van der Waals surface area contributed by atoms with Crippen molar-refractivity contribution < 1.29 is 28.6 Å². The summed E-state index contributed by atoms with van der Waals surface area (Å²) in [6.07, 6.45) is -0.505. The van der Waals surface area contributed by atoms with E-state index < -0.39 is 41.5 Å². The summed E-state index contributed by atoms with van der Waals surface area (Å²) in [6, 6.07) is 6.89. The zero-order valence-electron chi connectivity index (χ0n) is 19.8. The zero-order chi connectivity index (χ0) is 25.6. The van der Waals surface area contributed by atoms with Gasteiger partial charge >= 0.3 is 11.9 Å². The number of fused-ring (bicyclic) bond motifs is 2. The number of esters is 2. The third kappa shape index (κ3) is 4.16. The van der Waals surface area contributed by atoms with Crippen molar-refractivity contribution >= 4 is 39.5 Å². The summed E-state index contributed by atoms with van der Waals surface area (Å²) in [5.41, 5.74) is 3.55. The van der Waals surface area contributed by atoms with E-state index in [-0.39, 0.29) is 22.8 Å². The third-order valence-corrected chi connectivity index (χ3v) is 5.69. The van der Waals surface area contributed by atoms with E-state index in [2.05, 4.69) is 15.9 Å². The van der Waals surface area contributed by atoms with Crippen LogP contribution in [-0.2, 0) is 34.0 Å². The molecule has 2 aliphatic rings. The number of nitriles is 1. The predicted molar refractivity (Wildman–Crippen MR) is 126 cm³/mol. The molecule has 180 valence electrons. The highest BCUT2D eigenvalue weighted by molar-refractivity contribution is 9.10. The van der Waals surface area contributed by atoms with E-state index in [1.807, 2.05) is 6.07 Å². The molecule has 1 unspecified atom stereocenters. The lowest BCUT2D eigenvalue weighted by Crippen LogP contribution is -2.50. The molecule has 1 amide bonds. The van der Waals surface area contributed by atoms with E-state index in [9.17, 15) is 19.6 Å². The lowest BCUT2D eigenvalue weighted by atomic mass is 9.68. The molecular formula is C24H26BrN3O6. The molecule has 0 radical (unpaired) electrons. The van der Waals surface area contributed by atoms with Gasteiger partial charge in [0.05, 0.1) is 6.10 Å². The first-order valence-electron chi connectivity index (χ1n) is 10.6. The van der Waals surface area contributed by atoms with Crippen LogP contribution in [0.4, 0.5) is 5.69 Å². The molecule has 9 nitrogen and oxygen atoms in total. The summed E-state index contributed by atoms with van der Waals surface area (Å²) in [5.74, 6) is -2.46. The Kier molecular flexibility index (Phi) is 6.55. The van der Waals surface area contributed by atoms with Crippen LogP contribution in [0.1, 0.15) is 47.1 Å². The maximum absolute atomic E-state index is 14.2. The molecule has 3 rings (SSSR count). The molecule has 1 aromatic carbocycles. The first-order valence-corrected chi connectivity index (χ1v) is 11.4. The van der Waals surface area contributed by atoms with Crippen molar-refractivity contribution in [1.29, 1.82) is 5.26 Å². The van der Waals surface area contributed by atoms with Crippen LogP contribution < -0.4 is 10.6 Å². The van der Waals surface area contributed by atoms with Crippen LogP contribution in [0.5, 0.6) is 0 Å². The van der Waals surface area contributed by atoms with Gasteiger partial charge in [0.25, 0.3) is 0 Å². The molecule has 1 aromatic rings. The summed E-state index contributed by atoms with van der Waals surface area (Å²) >= 11 is 3.40. The lowest BCUT2D eigenvalue weighted by Gasteiger charge is -2.35. The van der Waals surface area contributed by atoms with Crippen molar-refractivity contribution in [3.8, 4) is 6.07 Å². The SMILES string of the molecule is CC1=C(C(=O)OC(C)C)C2(C(=O)N(CC(=O)OC(C)(C)C)c3ccc(Br)cc32)C(C#N)=C(N)O1. The number of allylic oxidation sites excluding steroid dienone is 1. The number of ether oxygens (including phenoxy) is 3. The van der Waals surface area contributed by atoms with Crippen molar-refractivity contribution in [3.63, 3.8) is 0 Å². The largest absolute Gasteiger partial charge is 0.459 e. The molecule has 1 atom stereocenters. The topological polar surface area (TPSA) is 132 Å². The Morgan fingerprint density at radius 2 is 1.97 bits per heavy atom. The molecule has 0 aromatic heterocycles. The fourth-order valence-electron chi connectivity index (χ4n) is 4.16. The van der Waals surface area contributed by atoms with Crippen LogP contribution >= 0.6 is 15.9 Å². The van der Waals surface area contributed by atoms with Crippen molar-refractivity contribution in [2.75, 3.05) is 11.4 Å². The number of hydrogen-bond acceptors (Lipinski definition) is 8. The minimum Gasteiger partial charge on any atom is -0.459 e. The fourth-order valence-corrected chi connectivity index (χ4v) is 4.52. The minimum absolute atomic E-state index is 0.0283. The van der Waals surface area contributed by atoms with E-state index in [0.717, 1.165) is 0 Å². The van der Waals surface area contributed by atoms with Gasteiger partial charge in [-0.15, -0.1) is 0 Å². The normalized spacial score (nSPS) is 19.9. The quantitative estimate of drug-likeness (QED) is 0.585. The van der Waals surface area contributed by atoms with Crippen LogP contribution in [-0.4, -0.2) is 36.1 Å². The van der Waals surface area contributed by atoms with Gasteiger partial charge in [-0.3, -0.25) is 14.5 Å². The average molecular weight is 532 g/mol. The Balaban J connectivity index is 2.30. The summed E-state index contributed by atoms with van der Waals surface area (Å²) in [7, 11) is 0. The predicted octanol–water partition coefficient (Wildman–Crippen LogP) is 3.32. The number of anilines is 1. The van der Waals surface area contributed by atoms with Crippen molar-refractivity contribution in [2.45, 2.75) is 58.7 Å². The number of rotatable bonds is 4. The van der Waals surface area contributed by atoms with Crippen LogP contribution in [0.2, 0.25) is 0 Å². The second kappa shape index (κ2) is 8.80. The summed E-state index contributed by atoms with van der Waals surface area (Å²) in [4.78, 5) is 41.4. The molecule has 0 saturated heterocycles. The number of nitrogens with zero attached hydrogens (tertiary/aromatic N) is 2.